The molecule has 7 heteroatoms. The van der Waals surface area contributed by atoms with Crippen molar-refractivity contribution in [3.8, 4) is 5.75 Å². The Morgan fingerprint density at radius 1 is 1.29 bits per heavy atom. The van der Waals surface area contributed by atoms with Crippen molar-refractivity contribution in [1.82, 2.24) is 0 Å². The van der Waals surface area contributed by atoms with Crippen molar-refractivity contribution in [3.05, 3.63) is 63.5 Å². The van der Waals surface area contributed by atoms with E-state index in [4.69, 9.17) is 4.74 Å². The van der Waals surface area contributed by atoms with E-state index in [1.54, 1.807) is 32.9 Å². The van der Waals surface area contributed by atoms with Crippen molar-refractivity contribution < 1.29 is 18.8 Å². The van der Waals surface area contributed by atoms with Crippen LogP contribution in [0, 0.1) is 22.9 Å². The zero-order valence-corrected chi connectivity index (χ0v) is 13.5. The number of nitrogens with one attached hydrogen (secondary N) is 1. The van der Waals surface area contributed by atoms with E-state index >= 15 is 0 Å². The second-order valence-electron chi connectivity index (χ2n) is 5.49. The molecule has 0 saturated heterocycles. The van der Waals surface area contributed by atoms with Gasteiger partial charge in [0.15, 0.2) is 0 Å². The first-order valence-corrected chi connectivity index (χ1v) is 7.31. The van der Waals surface area contributed by atoms with Gasteiger partial charge in [-0.15, -0.1) is 0 Å². The van der Waals surface area contributed by atoms with Crippen LogP contribution in [0.5, 0.6) is 5.75 Å². The third-order valence-corrected chi connectivity index (χ3v) is 3.22. The van der Waals surface area contributed by atoms with Crippen molar-refractivity contribution >= 4 is 17.3 Å². The molecule has 1 amide bonds. The summed E-state index contributed by atoms with van der Waals surface area (Å²) in [5.41, 5.74) is 0.104. The molecule has 0 spiro atoms. The van der Waals surface area contributed by atoms with Gasteiger partial charge in [-0.2, -0.15) is 0 Å². The molecule has 0 aliphatic rings. The second-order valence-corrected chi connectivity index (χ2v) is 5.49. The minimum atomic E-state index is -0.704. The number of rotatable bonds is 5. The summed E-state index contributed by atoms with van der Waals surface area (Å²) in [6.45, 7) is 5.13. The number of halogens is 1. The van der Waals surface area contributed by atoms with Gasteiger partial charge >= 0.3 is 0 Å². The molecule has 6 nitrogen and oxygen atoms in total. The Balaban J connectivity index is 2.39. The van der Waals surface area contributed by atoms with Crippen molar-refractivity contribution in [3.63, 3.8) is 0 Å². The topological polar surface area (TPSA) is 81.5 Å². The summed E-state index contributed by atoms with van der Waals surface area (Å²) in [4.78, 5) is 23.0. The van der Waals surface area contributed by atoms with E-state index in [2.05, 4.69) is 5.32 Å². The standard InChI is InChI=1S/C17H17FN2O4/c1-10(2)24-15-8-7-12(18)9-14(15)19-17(21)13-6-4-5-11(3)16(13)20(22)23/h4-10H,1-3H3,(H,19,21). The minimum Gasteiger partial charge on any atom is -0.489 e. The van der Waals surface area contributed by atoms with Crippen molar-refractivity contribution in [2.75, 3.05) is 5.32 Å². The first kappa shape index (κ1) is 17.4. The van der Waals surface area contributed by atoms with Gasteiger partial charge in [0, 0.05) is 11.6 Å². The Morgan fingerprint density at radius 2 is 2.00 bits per heavy atom. The molecule has 0 aromatic heterocycles. The minimum absolute atomic E-state index is 0.0974. The Hall–Kier alpha value is -2.96. The molecule has 0 bridgehead atoms. The maximum Gasteiger partial charge on any atom is 0.285 e. The van der Waals surface area contributed by atoms with Gasteiger partial charge in [0.1, 0.15) is 17.1 Å². The fourth-order valence-corrected chi connectivity index (χ4v) is 2.23. The molecular formula is C17H17FN2O4. The maximum absolute atomic E-state index is 13.5. The van der Waals surface area contributed by atoms with Crippen LogP contribution in [0.2, 0.25) is 0 Å². The normalized spacial score (nSPS) is 10.5. The van der Waals surface area contributed by atoms with E-state index in [1.165, 1.54) is 18.2 Å². The first-order chi connectivity index (χ1) is 11.3. The van der Waals surface area contributed by atoms with Crippen LogP contribution in [-0.4, -0.2) is 16.9 Å². The van der Waals surface area contributed by atoms with Crippen LogP contribution in [0.25, 0.3) is 0 Å². The van der Waals surface area contributed by atoms with Gasteiger partial charge in [-0.1, -0.05) is 12.1 Å². The van der Waals surface area contributed by atoms with E-state index in [0.717, 1.165) is 6.07 Å². The van der Waals surface area contributed by atoms with Gasteiger partial charge in [-0.3, -0.25) is 14.9 Å². The summed E-state index contributed by atoms with van der Waals surface area (Å²) >= 11 is 0. The molecule has 24 heavy (non-hydrogen) atoms. The summed E-state index contributed by atoms with van der Waals surface area (Å²) in [7, 11) is 0. The molecule has 2 aromatic carbocycles. The fourth-order valence-electron chi connectivity index (χ4n) is 2.23. The molecule has 1 N–H and O–H groups in total. The van der Waals surface area contributed by atoms with E-state index in [1.807, 2.05) is 0 Å². The molecule has 0 fully saturated rings. The van der Waals surface area contributed by atoms with Gasteiger partial charge in [0.2, 0.25) is 0 Å². The van der Waals surface area contributed by atoms with E-state index < -0.39 is 16.6 Å². The average molecular weight is 332 g/mol. The number of amides is 1. The van der Waals surface area contributed by atoms with Crippen molar-refractivity contribution in [2.24, 2.45) is 0 Å². The van der Waals surface area contributed by atoms with E-state index in [9.17, 15) is 19.3 Å². The number of hydrogen-bond donors (Lipinski definition) is 1. The number of anilines is 1. The zero-order valence-electron chi connectivity index (χ0n) is 13.5. The highest BCUT2D eigenvalue weighted by Gasteiger charge is 2.23. The number of para-hydroxylation sites is 1. The number of nitrogens with zero attached hydrogens (tertiary/aromatic N) is 1. The predicted molar refractivity (Wildman–Crippen MR) is 88.0 cm³/mol. The quantitative estimate of drug-likeness (QED) is 0.660. The Kier molecular flexibility index (Phi) is 5.13. The lowest BCUT2D eigenvalue weighted by Gasteiger charge is -2.15. The summed E-state index contributed by atoms with van der Waals surface area (Å²) < 4.78 is 19.0. The number of carbonyl (C=O) groups excluding carboxylic acids is 1. The Bertz CT molecular complexity index is 790. The Labute approximate surface area is 138 Å². The highest BCUT2D eigenvalue weighted by Crippen LogP contribution is 2.29. The van der Waals surface area contributed by atoms with E-state index in [0.29, 0.717) is 5.56 Å². The van der Waals surface area contributed by atoms with Gasteiger partial charge in [-0.05, 0) is 39.0 Å². The number of carbonyl (C=O) groups is 1. The van der Waals surface area contributed by atoms with Crippen LogP contribution in [-0.2, 0) is 0 Å². The zero-order chi connectivity index (χ0) is 17.9. The molecule has 0 unspecified atom stereocenters. The SMILES string of the molecule is Cc1cccc(C(=O)Nc2cc(F)ccc2OC(C)C)c1[N+](=O)[O-]. The van der Waals surface area contributed by atoms with Gasteiger partial charge in [-0.25, -0.2) is 4.39 Å². The van der Waals surface area contributed by atoms with Gasteiger partial charge in [0.25, 0.3) is 11.6 Å². The molecule has 0 atom stereocenters. The van der Waals surface area contributed by atoms with Crippen LogP contribution in [0.1, 0.15) is 29.8 Å². The van der Waals surface area contributed by atoms with Crippen LogP contribution >= 0.6 is 0 Å². The van der Waals surface area contributed by atoms with Crippen LogP contribution < -0.4 is 10.1 Å². The molecular weight excluding hydrogens is 315 g/mol. The summed E-state index contributed by atoms with van der Waals surface area (Å²) in [6.07, 6.45) is -0.181. The third-order valence-electron chi connectivity index (χ3n) is 3.22. The molecule has 126 valence electrons. The molecule has 0 aliphatic heterocycles. The second kappa shape index (κ2) is 7.08. The lowest BCUT2D eigenvalue weighted by Crippen LogP contribution is -2.16. The number of aryl methyl sites for hydroxylation is 1. The molecule has 2 rings (SSSR count). The van der Waals surface area contributed by atoms with Crippen LogP contribution in [0.3, 0.4) is 0 Å². The monoisotopic (exact) mass is 332 g/mol. The van der Waals surface area contributed by atoms with Crippen molar-refractivity contribution in [2.45, 2.75) is 26.9 Å². The van der Waals surface area contributed by atoms with Gasteiger partial charge < -0.3 is 10.1 Å². The maximum atomic E-state index is 13.5. The molecule has 0 aliphatic carbocycles. The molecule has 2 aromatic rings. The largest absolute Gasteiger partial charge is 0.489 e. The summed E-state index contributed by atoms with van der Waals surface area (Å²) in [5.74, 6) is -0.972. The number of nitro benzene ring substituents is 1. The lowest BCUT2D eigenvalue weighted by molar-refractivity contribution is -0.385. The first-order valence-electron chi connectivity index (χ1n) is 7.31. The van der Waals surface area contributed by atoms with E-state index in [-0.39, 0.29) is 28.8 Å². The number of ether oxygens (including phenoxy) is 1. The number of benzene rings is 2. The lowest BCUT2D eigenvalue weighted by atomic mass is 10.1. The Morgan fingerprint density at radius 3 is 2.62 bits per heavy atom. The molecule has 0 radical (unpaired) electrons. The number of nitro groups is 1. The third kappa shape index (κ3) is 3.87. The highest BCUT2D eigenvalue weighted by atomic mass is 19.1. The summed E-state index contributed by atoms with van der Waals surface area (Å²) in [5, 5.41) is 13.7. The van der Waals surface area contributed by atoms with Crippen LogP contribution in [0.4, 0.5) is 15.8 Å². The average Bonchev–Trinajstić information content (AvgIpc) is 2.49. The molecule has 0 saturated carbocycles. The predicted octanol–water partition coefficient (Wildman–Crippen LogP) is 4.08. The van der Waals surface area contributed by atoms with Gasteiger partial charge in [0.05, 0.1) is 16.7 Å². The fraction of sp³-hybridized carbons (Fsp3) is 0.235. The van der Waals surface area contributed by atoms with Crippen molar-refractivity contribution in [1.29, 1.82) is 0 Å². The van der Waals surface area contributed by atoms with Crippen LogP contribution in [0.15, 0.2) is 36.4 Å². The number of hydrogen-bond acceptors (Lipinski definition) is 4. The smallest absolute Gasteiger partial charge is 0.285 e. The highest BCUT2D eigenvalue weighted by molar-refractivity contribution is 6.08. The molecule has 0 heterocycles. The summed E-state index contributed by atoms with van der Waals surface area (Å²) in [6, 6.07) is 8.16.